The van der Waals surface area contributed by atoms with Crippen LogP contribution in [-0.4, -0.2) is 20.4 Å². The number of amides is 1. The molecule has 6 heteroatoms. The van der Waals surface area contributed by atoms with E-state index in [1.54, 1.807) is 0 Å². The molecule has 0 aromatic heterocycles. The fourth-order valence-electron chi connectivity index (χ4n) is 4.07. The largest absolute Gasteiger partial charge is 0.366 e. The molecule has 0 aliphatic heterocycles. The van der Waals surface area contributed by atoms with Crippen molar-refractivity contribution in [3.05, 3.63) is 29.8 Å². The maximum absolute atomic E-state index is 12.5. The number of sulfonamides is 1. The van der Waals surface area contributed by atoms with Crippen molar-refractivity contribution in [1.29, 1.82) is 0 Å². The number of hydrogen-bond acceptors (Lipinski definition) is 3. The van der Waals surface area contributed by atoms with Gasteiger partial charge in [-0.1, -0.05) is 25.7 Å². The van der Waals surface area contributed by atoms with Crippen molar-refractivity contribution < 1.29 is 13.2 Å². The van der Waals surface area contributed by atoms with E-state index in [2.05, 4.69) is 4.72 Å². The molecule has 1 amide bonds. The second kappa shape index (κ2) is 6.61. The van der Waals surface area contributed by atoms with Gasteiger partial charge in [-0.05, 0) is 55.4 Å². The molecule has 0 saturated heterocycles. The van der Waals surface area contributed by atoms with Gasteiger partial charge in [0.1, 0.15) is 0 Å². The number of rotatable bonds is 4. The molecule has 0 heterocycles. The van der Waals surface area contributed by atoms with Crippen LogP contribution in [0.5, 0.6) is 0 Å². The molecule has 0 radical (unpaired) electrons. The molecule has 2 saturated carbocycles. The Bertz CT molecular complexity index is 670. The van der Waals surface area contributed by atoms with Gasteiger partial charge in [0, 0.05) is 11.6 Å². The number of hydrogen-bond donors (Lipinski definition) is 2. The van der Waals surface area contributed by atoms with Crippen LogP contribution >= 0.6 is 0 Å². The van der Waals surface area contributed by atoms with Gasteiger partial charge >= 0.3 is 0 Å². The first-order valence-corrected chi connectivity index (χ1v) is 9.86. The standard InChI is InChI=1S/C17H24N2O3S/c18-17(20)13-6-9-16(10-7-13)23(21,22)19-15-8-5-12-3-1-2-4-14(12)11-15/h6-7,9-10,12,14-15,19H,1-5,8,11H2,(H2,18,20)/t12-,14-,15-/m1/s1. The zero-order chi connectivity index (χ0) is 16.4. The number of primary amides is 1. The van der Waals surface area contributed by atoms with Crippen LogP contribution < -0.4 is 10.5 Å². The molecule has 2 aliphatic rings. The van der Waals surface area contributed by atoms with Crippen LogP contribution in [0.25, 0.3) is 0 Å². The van der Waals surface area contributed by atoms with E-state index < -0.39 is 15.9 Å². The van der Waals surface area contributed by atoms with Gasteiger partial charge in [-0.3, -0.25) is 4.79 Å². The molecule has 0 unspecified atom stereocenters. The van der Waals surface area contributed by atoms with Crippen LogP contribution in [0, 0.1) is 11.8 Å². The molecule has 3 atom stereocenters. The quantitative estimate of drug-likeness (QED) is 0.885. The fourth-order valence-corrected chi connectivity index (χ4v) is 5.35. The summed E-state index contributed by atoms with van der Waals surface area (Å²) in [6.45, 7) is 0. The molecule has 1 aromatic carbocycles. The van der Waals surface area contributed by atoms with Gasteiger partial charge in [-0.15, -0.1) is 0 Å². The van der Waals surface area contributed by atoms with Crippen molar-refractivity contribution in [2.24, 2.45) is 17.6 Å². The molecule has 2 aliphatic carbocycles. The van der Waals surface area contributed by atoms with E-state index in [4.69, 9.17) is 5.73 Å². The number of carbonyl (C=O) groups is 1. The zero-order valence-corrected chi connectivity index (χ0v) is 14.0. The van der Waals surface area contributed by atoms with Crippen LogP contribution in [0.2, 0.25) is 0 Å². The minimum absolute atomic E-state index is 0.0233. The molecular weight excluding hydrogens is 312 g/mol. The van der Waals surface area contributed by atoms with Crippen LogP contribution in [0.15, 0.2) is 29.2 Å². The Hall–Kier alpha value is -1.40. The van der Waals surface area contributed by atoms with E-state index in [0.29, 0.717) is 11.5 Å². The van der Waals surface area contributed by atoms with E-state index >= 15 is 0 Å². The Kier molecular flexibility index (Phi) is 4.73. The Balaban J connectivity index is 1.67. The van der Waals surface area contributed by atoms with E-state index in [0.717, 1.165) is 25.2 Å². The van der Waals surface area contributed by atoms with Gasteiger partial charge in [0.05, 0.1) is 4.90 Å². The molecule has 126 valence electrons. The summed E-state index contributed by atoms with van der Waals surface area (Å²) < 4.78 is 27.9. The highest BCUT2D eigenvalue weighted by Gasteiger charge is 2.33. The van der Waals surface area contributed by atoms with Crippen LogP contribution in [0.1, 0.15) is 55.3 Å². The third kappa shape index (κ3) is 3.75. The second-order valence-corrected chi connectivity index (χ2v) is 8.54. The fraction of sp³-hybridized carbons (Fsp3) is 0.588. The van der Waals surface area contributed by atoms with Gasteiger partial charge in [-0.25, -0.2) is 13.1 Å². The van der Waals surface area contributed by atoms with Crippen molar-refractivity contribution in [2.45, 2.75) is 55.9 Å². The lowest BCUT2D eigenvalue weighted by Gasteiger charge is -2.39. The predicted molar refractivity (Wildman–Crippen MR) is 88.4 cm³/mol. The van der Waals surface area contributed by atoms with Crippen molar-refractivity contribution in [1.82, 2.24) is 4.72 Å². The third-order valence-corrected chi connectivity index (χ3v) is 6.85. The topological polar surface area (TPSA) is 89.3 Å². The molecule has 0 bridgehead atoms. The highest BCUT2D eigenvalue weighted by atomic mass is 32.2. The highest BCUT2D eigenvalue weighted by molar-refractivity contribution is 7.89. The van der Waals surface area contributed by atoms with Crippen LogP contribution in [0.3, 0.4) is 0 Å². The Labute approximate surface area is 137 Å². The van der Waals surface area contributed by atoms with Gasteiger partial charge in [-0.2, -0.15) is 0 Å². The summed E-state index contributed by atoms with van der Waals surface area (Å²) in [5.74, 6) is 0.902. The average Bonchev–Trinajstić information content (AvgIpc) is 2.54. The van der Waals surface area contributed by atoms with E-state index in [-0.39, 0.29) is 10.9 Å². The summed E-state index contributed by atoms with van der Waals surface area (Å²) >= 11 is 0. The van der Waals surface area contributed by atoms with Crippen molar-refractivity contribution >= 4 is 15.9 Å². The normalized spacial score (nSPS) is 28.1. The van der Waals surface area contributed by atoms with Gasteiger partial charge in [0.15, 0.2) is 0 Å². The minimum Gasteiger partial charge on any atom is -0.366 e. The van der Waals surface area contributed by atoms with Crippen molar-refractivity contribution in [2.75, 3.05) is 0 Å². The lowest BCUT2D eigenvalue weighted by atomic mass is 9.70. The van der Waals surface area contributed by atoms with Crippen molar-refractivity contribution in [3.63, 3.8) is 0 Å². The molecule has 0 spiro atoms. The summed E-state index contributed by atoms with van der Waals surface area (Å²) in [4.78, 5) is 11.3. The van der Waals surface area contributed by atoms with E-state index in [1.807, 2.05) is 0 Å². The van der Waals surface area contributed by atoms with Gasteiger partial charge < -0.3 is 5.73 Å². The summed E-state index contributed by atoms with van der Waals surface area (Å²) in [5, 5.41) is 0. The third-order valence-electron chi connectivity index (χ3n) is 5.31. The number of fused-ring (bicyclic) bond motifs is 1. The maximum atomic E-state index is 12.5. The Morgan fingerprint density at radius 1 is 1.00 bits per heavy atom. The molecule has 5 nitrogen and oxygen atoms in total. The summed E-state index contributed by atoms with van der Waals surface area (Å²) in [6.07, 6.45) is 8.12. The molecule has 3 rings (SSSR count). The summed E-state index contributed by atoms with van der Waals surface area (Å²) in [6, 6.07) is 5.81. The first kappa shape index (κ1) is 16.5. The SMILES string of the molecule is NC(=O)c1ccc(S(=O)(=O)N[C@@H]2CC[C@H]3CCCC[C@@H]3C2)cc1. The van der Waals surface area contributed by atoms with E-state index in [9.17, 15) is 13.2 Å². The number of carbonyl (C=O) groups excluding carboxylic acids is 1. The minimum atomic E-state index is -3.54. The number of benzene rings is 1. The first-order valence-electron chi connectivity index (χ1n) is 8.38. The lowest BCUT2D eigenvalue weighted by molar-refractivity contribution is 0.1000. The predicted octanol–water partition coefficient (Wildman–Crippen LogP) is 2.42. The van der Waals surface area contributed by atoms with Crippen molar-refractivity contribution in [3.8, 4) is 0 Å². The highest BCUT2D eigenvalue weighted by Crippen LogP contribution is 2.40. The zero-order valence-electron chi connectivity index (χ0n) is 13.2. The maximum Gasteiger partial charge on any atom is 0.248 e. The number of nitrogens with one attached hydrogen (secondary N) is 1. The van der Waals surface area contributed by atoms with Gasteiger partial charge in [0.2, 0.25) is 15.9 Å². The molecule has 1 aromatic rings. The van der Waals surface area contributed by atoms with E-state index in [1.165, 1.54) is 49.9 Å². The number of nitrogens with two attached hydrogens (primary N) is 1. The first-order chi connectivity index (χ1) is 11.0. The molecule has 23 heavy (non-hydrogen) atoms. The lowest BCUT2D eigenvalue weighted by Crippen LogP contribution is -2.41. The smallest absolute Gasteiger partial charge is 0.248 e. The molecular formula is C17H24N2O3S. The Morgan fingerprint density at radius 3 is 2.30 bits per heavy atom. The summed E-state index contributed by atoms with van der Waals surface area (Å²) in [7, 11) is -3.54. The second-order valence-electron chi connectivity index (χ2n) is 6.82. The Morgan fingerprint density at radius 2 is 1.65 bits per heavy atom. The summed E-state index contributed by atoms with van der Waals surface area (Å²) in [5.41, 5.74) is 5.49. The average molecular weight is 336 g/mol. The van der Waals surface area contributed by atoms with Gasteiger partial charge in [0.25, 0.3) is 0 Å². The van der Waals surface area contributed by atoms with Crippen LogP contribution in [-0.2, 0) is 10.0 Å². The molecule has 3 N–H and O–H groups in total. The van der Waals surface area contributed by atoms with Crippen LogP contribution in [0.4, 0.5) is 0 Å². The monoisotopic (exact) mass is 336 g/mol. The molecule has 2 fully saturated rings.